The molecular formula is C12H24O. The van der Waals surface area contributed by atoms with Crippen molar-refractivity contribution < 1.29 is 5.11 Å². The number of aliphatic hydroxyl groups is 1. The second-order valence-corrected chi connectivity index (χ2v) is 5.45. The summed E-state index contributed by atoms with van der Waals surface area (Å²) in [7, 11) is 0. The van der Waals surface area contributed by atoms with Gasteiger partial charge in [0.05, 0.1) is 5.60 Å². The lowest BCUT2D eigenvalue weighted by atomic mass is 9.64. The van der Waals surface area contributed by atoms with E-state index in [9.17, 15) is 5.11 Å². The molecule has 1 aliphatic rings. The van der Waals surface area contributed by atoms with Crippen LogP contribution >= 0.6 is 0 Å². The second kappa shape index (κ2) is 3.61. The molecule has 0 bridgehead atoms. The molecule has 1 saturated carbocycles. The maximum Gasteiger partial charge on any atom is 0.0698 e. The van der Waals surface area contributed by atoms with E-state index in [-0.39, 0.29) is 5.41 Å². The Morgan fingerprint density at radius 2 is 1.77 bits per heavy atom. The van der Waals surface area contributed by atoms with Gasteiger partial charge >= 0.3 is 0 Å². The van der Waals surface area contributed by atoms with E-state index in [4.69, 9.17) is 0 Å². The van der Waals surface area contributed by atoms with Gasteiger partial charge in [-0.15, -0.1) is 0 Å². The van der Waals surface area contributed by atoms with Gasteiger partial charge in [-0.25, -0.2) is 0 Å². The number of hydrogen-bond acceptors (Lipinski definition) is 1. The summed E-state index contributed by atoms with van der Waals surface area (Å²) in [6, 6.07) is 0. The first-order chi connectivity index (χ1) is 5.91. The van der Waals surface area contributed by atoms with Gasteiger partial charge in [0.2, 0.25) is 0 Å². The lowest BCUT2D eigenvalue weighted by molar-refractivity contribution is -0.101. The fourth-order valence-electron chi connectivity index (χ4n) is 2.25. The molecule has 13 heavy (non-hydrogen) atoms. The summed E-state index contributed by atoms with van der Waals surface area (Å²) in [5.41, 5.74) is -0.304. The number of hydrogen-bond donors (Lipinski definition) is 1. The normalized spacial score (nSPS) is 36.2. The zero-order valence-corrected chi connectivity index (χ0v) is 9.56. The summed E-state index contributed by atoms with van der Waals surface area (Å²) in [6.45, 7) is 8.86. The van der Waals surface area contributed by atoms with Crippen LogP contribution in [0.5, 0.6) is 0 Å². The van der Waals surface area contributed by atoms with Gasteiger partial charge in [0.15, 0.2) is 0 Å². The minimum Gasteiger partial charge on any atom is -0.389 e. The van der Waals surface area contributed by atoms with E-state index in [1.165, 1.54) is 12.8 Å². The van der Waals surface area contributed by atoms with E-state index in [0.29, 0.717) is 0 Å². The van der Waals surface area contributed by atoms with Crippen LogP contribution in [0.25, 0.3) is 0 Å². The highest BCUT2D eigenvalue weighted by Crippen LogP contribution is 2.45. The predicted octanol–water partition coefficient (Wildman–Crippen LogP) is 3.36. The van der Waals surface area contributed by atoms with Crippen molar-refractivity contribution >= 4 is 0 Å². The van der Waals surface area contributed by atoms with Crippen molar-refractivity contribution in [1.82, 2.24) is 0 Å². The van der Waals surface area contributed by atoms with Crippen LogP contribution in [0.2, 0.25) is 0 Å². The second-order valence-electron chi connectivity index (χ2n) is 5.45. The van der Waals surface area contributed by atoms with Crippen LogP contribution < -0.4 is 0 Å². The van der Waals surface area contributed by atoms with Gasteiger partial charge in [-0.1, -0.05) is 27.7 Å². The van der Waals surface area contributed by atoms with E-state index in [2.05, 4.69) is 27.7 Å². The third-order valence-electron chi connectivity index (χ3n) is 4.25. The number of rotatable bonds is 2. The Labute approximate surface area is 82.5 Å². The van der Waals surface area contributed by atoms with Gasteiger partial charge in [-0.2, -0.15) is 0 Å². The van der Waals surface area contributed by atoms with Crippen molar-refractivity contribution in [2.45, 2.75) is 65.4 Å². The van der Waals surface area contributed by atoms with Crippen molar-refractivity contribution in [2.24, 2.45) is 11.3 Å². The van der Waals surface area contributed by atoms with E-state index < -0.39 is 5.60 Å². The lowest BCUT2D eigenvalue weighted by Gasteiger charge is -2.46. The van der Waals surface area contributed by atoms with E-state index >= 15 is 0 Å². The Morgan fingerprint density at radius 3 is 2.15 bits per heavy atom. The van der Waals surface area contributed by atoms with Crippen LogP contribution in [0.15, 0.2) is 0 Å². The molecule has 0 radical (unpaired) electrons. The summed E-state index contributed by atoms with van der Waals surface area (Å²) in [4.78, 5) is 0. The Balaban J connectivity index is 2.66. The smallest absolute Gasteiger partial charge is 0.0698 e. The van der Waals surface area contributed by atoms with Crippen molar-refractivity contribution in [1.29, 1.82) is 0 Å². The monoisotopic (exact) mass is 184 g/mol. The Hall–Kier alpha value is -0.0400. The molecule has 0 saturated heterocycles. The molecule has 0 aromatic rings. The van der Waals surface area contributed by atoms with Crippen molar-refractivity contribution in [3.8, 4) is 0 Å². The molecule has 0 spiro atoms. The molecule has 0 unspecified atom stereocenters. The van der Waals surface area contributed by atoms with Crippen LogP contribution in [0.1, 0.15) is 59.8 Å². The summed E-state index contributed by atoms with van der Waals surface area (Å²) in [6.07, 6.45) is 5.45. The molecule has 1 nitrogen and oxygen atoms in total. The molecule has 0 heterocycles. The lowest BCUT2D eigenvalue weighted by Crippen LogP contribution is -2.46. The zero-order chi connectivity index (χ0) is 10.1. The maximum atomic E-state index is 10.5. The van der Waals surface area contributed by atoms with Gasteiger partial charge in [-0.05, 0) is 43.4 Å². The molecule has 78 valence electrons. The largest absolute Gasteiger partial charge is 0.389 e. The standard InChI is InChI=1S/C12H24O/c1-5-11(3,4)12(13)8-6-10(2)7-9-12/h10,13H,5-9H2,1-4H3. The van der Waals surface area contributed by atoms with Gasteiger partial charge in [0.25, 0.3) is 0 Å². The molecular weight excluding hydrogens is 160 g/mol. The highest BCUT2D eigenvalue weighted by Gasteiger charge is 2.43. The van der Waals surface area contributed by atoms with Gasteiger partial charge < -0.3 is 5.11 Å². The van der Waals surface area contributed by atoms with Crippen molar-refractivity contribution in [3.05, 3.63) is 0 Å². The minimum absolute atomic E-state index is 0.0904. The molecule has 1 rings (SSSR count). The van der Waals surface area contributed by atoms with Gasteiger partial charge in [-0.3, -0.25) is 0 Å². The average molecular weight is 184 g/mol. The SMILES string of the molecule is CCC(C)(C)C1(O)CCC(C)CC1. The first-order valence-electron chi connectivity index (χ1n) is 5.64. The molecule has 1 N–H and O–H groups in total. The fraction of sp³-hybridized carbons (Fsp3) is 1.00. The van der Waals surface area contributed by atoms with E-state index in [0.717, 1.165) is 25.2 Å². The molecule has 0 aliphatic heterocycles. The van der Waals surface area contributed by atoms with Crippen molar-refractivity contribution in [3.63, 3.8) is 0 Å². The molecule has 0 amide bonds. The minimum atomic E-state index is -0.395. The Bertz CT molecular complexity index is 164. The predicted molar refractivity (Wildman–Crippen MR) is 56.7 cm³/mol. The third kappa shape index (κ3) is 2.07. The maximum absolute atomic E-state index is 10.5. The molecule has 0 atom stereocenters. The Morgan fingerprint density at radius 1 is 1.31 bits per heavy atom. The average Bonchev–Trinajstić information content (AvgIpc) is 2.10. The summed E-state index contributed by atoms with van der Waals surface area (Å²) in [5.74, 6) is 0.813. The molecule has 1 fully saturated rings. The summed E-state index contributed by atoms with van der Waals surface area (Å²) >= 11 is 0. The van der Waals surface area contributed by atoms with Crippen LogP contribution in [0.4, 0.5) is 0 Å². The molecule has 1 aliphatic carbocycles. The molecule has 0 aromatic carbocycles. The quantitative estimate of drug-likeness (QED) is 0.697. The van der Waals surface area contributed by atoms with Crippen LogP contribution in [-0.2, 0) is 0 Å². The van der Waals surface area contributed by atoms with E-state index in [1.54, 1.807) is 0 Å². The highest BCUT2D eigenvalue weighted by atomic mass is 16.3. The van der Waals surface area contributed by atoms with Crippen LogP contribution in [-0.4, -0.2) is 10.7 Å². The molecule has 1 heteroatoms. The Kier molecular flexibility index (Phi) is 3.06. The third-order valence-corrected chi connectivity index (χ3v) is 4.25. The fourth-order valence-corrected chi connectivity index (χ4v) is 2.25. The van der Waals surface area contributed by atoms with E-state index in [1.807, 2.05) is 0 Å². The zero-order valence-electron chi connectivity index (χ0n) is 9.56. The van der Waals surface area contributed by atoms with Gasteiger partial charge in [0.1, 0.15) is 0 Å². The first-order valence-corrected chi connectivity index (χ1v) is 5.64. The van der Waals surface area contributed by atoms with Crippen molar-refractivity contribution in [2.75, 3.05) is 0 Å². The first kappa shape index (κ1) is 11.0. The van der Waals surface area contributed by atoms with Crippen LogP contribution in [0.3, 0.4) is 0 Å². The van der Waals surface area contributed by atoms with Crippen LogP contribution in [0, 0.1) is 11.3 Å². The summed E-state index contributed by atoms with van der Waals surface area (Å²) < 4.78 is 0. The molecule has 0 aromatic heterocycles. The highest BCUT2D eigenvalue weighted by molar-refractivity contribution is 4.95. The topological polar surface area (TPSA) is 20.2 Å². The van der Waals surface area contributed by atoms with Gasteiger partial charge in [0, 0.05) is 0 Å². The summed E-state index contributed by atoms with van der Waals surface area (Å²) in [5, 5.41) is 10.5.